The molecule has 0 aliphatic heterocycles. The molecular formula is C26H48NO9P. The maximum Gasteiger partial charge on any atom is 0.472 e. The van der Waals surface area contributed by atoms with Crippen LogP contribution in [0.3, 0.4) is 0 Å². The van der Waals surface area contributed by atoms with Crippen LogP contribution in [0.5, 0.6) is 0 Å². The highest BCUT2D eigenvalue weighted by molar-refractivity contribution is 7.47. The number of nitrogens with two attached hydrogens (primary N) is 1. The van der Waals surface area contributed by atoms with E-state index in [1.165, 1.54) is 44.9 Å². The minimum atomic E-state index is -4.59. The number of aliphatic carboxylic acids is 1. The molecule has 0 bridgehead atoms. The third-order valence-corrected chi connectivity index (χ3v) is 6.38. The van der Waals surface area contributed by atoms with Crippen molar-refractivity contribution in [2.75, 3.05) is 19.8 Å². The number of rotatable bonds is 25. The third-order valence-electron chi connectivity index (χ3n) is 5.43. The van der Waals surface area contributed by atoms with Crippen LogP contribution in [0.15, 0.2) is 24.3 Å². The number of phosphoric acid groups is 1. The zero-order valence-electron chi connectivity index (χ0n) is 22.3. The molecule has 3 atom stereocenters. The van der Waals surface area contributed by atoms with E-state index in [0.29, 0.717) is 6.42 Å². The summed E-state index contributed by atoms with van der Waals surface area (Å²) in [5.74, 6) is -1.86. The summed E-state index contributed by atoms with van der Waals surface area (Å²) < 4.78 is 25.5. The lowest BCUT2D eigenvalue weighted by Crippen LogP contribution is -2.34. The van der Waals surface area contributed by atoms with Crippen molar-refractivity contribution < 1.29 is 43.0 Å². The molecule has 5 N–H and O–H groups in total. The molecule has 10 nitrogen and oxygen atoms in total. The molecule has 0 aliphatic rings. The summed E-state index contributed by atoms with van der Waals surface area (Å²) in [7, 11) is -4.59. The molecule has 0 aliphatic carbocycles. The molecule has 0 saturated heterocycles. The van der Waals surface area contributed by atoms with Gasteiger partial charge in [-0.15, -0.1) is 0 Å². The number of aliphatic hydroxyl groups is 1. The summed E-state index contributed by atoms with van der Waals surface area (Å²) in [5.41, 5.74) is 5.16. The fourth-order valence-electron chi connectivity index (χ4n) is 3.21. The van der Waals surface area contributed by atoms with E-state index in [0.717, 1.165) is 32.1 Å². The van der Waals surface area contributed by atoms with Crippen molar-refractivity contribution in [2.45, 2.75) is 109 Å². The summed E-state index contributed by atoms with van der Waals surface area (Å²) >= 11 is 0. The van der Waals surface area contributed by atoms with Gasteiger partial charge in [-0.05, 0) is 38.5 Å². The Morgan fingerprint density at radius 1 is 0.838 bits per heavy atom. The molecule has 0 saturated carbocycles. The van der Waals surface area contributed by atoms with Gasteiger partial charge in [0, 0.05) is 6.42 Å². The second kappa shape index (κ2) is 23.6. The van der Waals surface area contributed by atoms with E-state index in [1.54, 1.807) is 0 Å². The first-order valence-corrected chi connectivity index (χ1v) is 14.9. The average molecular weight is 550 g/mol. The molecule has 11 heteroatoms. The molecule has 216 valence electrons. The largest absolute Gasteiger partial charge is 0.480 e. The number of allylic oxidation sites excluding steroid dienone is 4. The van der Waals surface area contributed by atoms with Crippen molar-refractivity contribution in [2.24, 2.45) is 5.73 Å². The van der Waals surface area contributed by atoms with Gasteiger partial charge < -0.3 is 25.6 Å². The van der Waals surface area contributed by atoms with Crippen LogP contribution in [0.2, 0.25) is 0 Å². The third kappa shape index (κ3) is 24.5. The number of hydrogen-bond acceptors (Lipinski definition) is 8. The Labute approximate surface area is 221 Å². The van der Waals surface area contributed by atoms with Crippen molar-refractivity contribution in [1.29, 1.82) is 0 Å². The summed E-state index contributed by atoms with van der Waals surface area (Å²) in [4.78, 5) is 31.7. The van der Waals surface area contributed by atoms with E-state index in [9.17, 15) is 24.2 Å². The van der Waals surface area contributed by atoms with E-state index in [4.69, 9.17) is 15.6 Å². The number of phosphoric ester groups is 1. The predicted octanol–water partition coefficient (Wildman–Crippen LogP) is 5.03. The molecule has 1 unspecified atom stereocenters. The van der Waals surface area contributed by atoms with Crippen molar-refractivity contribution in [3.63, 3.8) is 0 Å². The fourth-order valence-corrected chi connectivity index (χ4v) is 3.99. The zero-order valence-corrected chi connectivity index (χ0v) is 23.2. The number of unbranched alkanes of at least 4 members (excludes halogenated alkanes) is 10. The van der Waals surface area contributed by atoms with Gasteiger partial charge in [0.2, 0.25) is 0 Å². The van der Waals surface area contributed by atoms with Gasteiger partial charge in [-0.25, -0.2) is 4.57 Å². The molecule has 0 amide bonds. The number of carboxylic acid groups (broad SMARTS) is 1. The second-order valence-electron chi connectivity index (χ2n) is 9.03. The van der Waals surface area contributed by atoms with Crippen LogP contribution in [-0.4, -0.2) is 59.0 Å². The van der Waals surface area contributed by atoms with Crippen molar-refractivity contribution in [1.82, 2.24) is 0 Å². The zero-order chi connectivity index (χ0) is 27.8. The first-order valence-electron chi connectivity index (χ1n) is 13.4. The van der Waals surface area contributed by atoms with Crippen LogP contribution in [0.4, 0.5) is 0 Å². The SMILES string of the molecule is CCCCC/C=C\C/C=C\CCCCCCCCCC(=O)OC[C@@H](O)COP(=O)(O)OC[C@H](N)C(=O)O. The lowest BCUT2D eigenvalue weighted by molar-refractivity contribution is -0.147. The van der Waals surface area contributed by atoms with Crippen LogP contribution in [0, 0.1) is 0 Å². The number of ether oxygens (including phenoxy) is 1. The highest BCUT2D eigenvalue weighted by atomic mass is 31.2. The van der Waals surface area contributed by atoms with Crippen LogP contribution in [-0.2, 0) is 27.9 Å². The van der Waals surface area contributed by atoms with E-state index >= 15 is 0 Å². The van der Waals surface area contributed by atoms with Crippen LogP contribution < -0.4 is 5.73 Å². The molecule has 0 rings (SSSR count). The molecular weight excluding hydrogens is 501 g/mol. The molecule has 0 spiro atoms. The number of hydrogen-bond donors (Lipinski definition) is 4. The average Bonchev–Trinajstić information content (AvgIpc) is 2.86. The summed E-state index contributed by atoms with van der Waals surface area (Å²) in [6, 6.07) is -1.49. The Hall–Kier alpha value is -1.55. The number of carbonyl (C=O) groups excluding carboxylic acids is 1. The Morgan fingerprint density at radius 2 is 1.38 bits per heavy atom. The first kappa shape index (κ1) is 35.5. The molecule has 0 heterocycles. The van der Waals surface area contributed by atoms with Gasteiger partial charge in [-0.2, -0.15) is 0 Å². The van der Waals surface area contributed by atoms with Crippen LogP contribution in [0.1, 0.15) is 96.8 Å². The quantitative estimate of drug-likeness (QED) is 0.0525. The van der Waals surface area contributed by atoms with E-state index in [2.05, 4.69) is 40.3 Å². The summed E-state index contributed by atoms with van der Waals surface area (Å²) in [5, 5.41) is 18.3. The van der Waals surface area contributed by atoms with Crippen molar-refractivity contribution in [3.05, 3.63) is 24.3 Å². The van der Waals surface area contributed by atoms with Gasteiger partial charge in [0.1, 0.15) is 18.8 Å². The molecule has 0 aromatic heterocycles. The fraction of sp³-hybridized carbons (Fsp3) is 0.769. The smallest absolute Gasteiger partial charge is 0.472 e. The number of aliphatic hydroxyl groups excluding tert-OH is 1. The Kier molecular flexibility index (Phi) is 22.6. The topological polar surface area (TPSA) is 166 Å². The van der Waals surface area contributed by atoms with Gasteiger partial charge in [0.25, 0.3) is 0 Å². The maximum absolute atomic E-state index is 11.8. The molecule has 0 aromatic rings. The monoisotopic (exact) mass is 549 g/mol. The van der Waals surface area contributed by atoms with Crippen LogP contribution >= 0.6 is 7.82 Å². The van der Waals surface area contributed by atoms with Gasteiger partial charge in [-0.1, -0.05) is 76.2 Å². The predicted molar refractivity (Wildman–Crippen MR) is 143 cm³/mol. The summed E-state index contributed by atoms with van der Waals surface area (Å²) in [6.07, 6.45) is 22.5. The Bertz CT molecular complexity index is 700. The first-order chi connectivity index (χ1) is 17.7. The van der Waals surface area contributed by atoms with Crippen LogP contribution in [0.25, 0.3) is 0 Å². The lowest BCUT2D eigenvalue weighted by Gasteiger charge is -2.16. The standard InChI is InChI=1S/C26H48NO9P/c1-2-3-4-5-6-7-8-9-10-11-12-13-14-15-16-17-18-19-25(29)34-20-23(28)21-35-37(32,33)36-22-24(27)26(30)31/h6-7,9-10,23-24,28H,2-5,8,11-22,27H2,1H3,(H,30,31)(H,32,33)/b7-6-,10-9-/t23-,24+/m1/s1. The summed E-state index contributed by atoms with van der Waals surface area (Å²) in [6.45, 7) is 0.464. The number of carboxylic acids is 1. The van der Waals surface area contributed by atoms with Gasteiger partial charge in [-0.3, -0.25) is 18.6 Å². The lowest BCUT2D eigenvalue weighted by atomic mass is 10.1. The van der Waals surface area contributed by atoms with Gasteiger partial charge in [0.05, 0.1) is 13.2 Å². The number of esters is 1. The van der Waals surface area contributed by atoms with Gasteiger partial charge >= 0.3 is 19.8 Å². The van der Waals surface area contributed by atoms with Crippen molar-refractivity contribution in [3.8, 4) is 0 Å². The normalized spacial score (nSPS) is 15.1. The minimum Gasteiger partial charge on any atom is -0.480 e. The molecule has 0 fully saturated rings. The second-order valence-corrected chi connectivity index (χ2v) is 10.5. The van der Waals surface area contributed by atoms with Gasteiger partial charge in [0.15, 0.2) is 0 Å². The van der Waals surface area contributed by atoms with Crippen molar-refractivity contribution >= 4 is 19.8 Å². The maximum atomic E-state index is 11.8. The highest BCUT2D eigenvalue weighted by Crippen LogP contribution is 2.43. The Morgan fingerprint density at radius 3 is 1.97 bits per heavy atom. The minimum absolute atomic E-state index is 0.236. The molecule has 37 heavy (non-hydrogen) atoms. The number of carbonyl (C=O) groups is 2. The van der Waals surface area contributed by atoms with E-state index in [-0.39, 0.29) is 6.42 Å². The van der Waals surface area contributed by atoms with E-state index in [1.807, 2.05) is 0 Å². The molecule has 0 radical (unpaired) electrons. The highest BCUT2D eigenvalue weighted by Gasteiger charge is 2.26. The molecule has 0 aromatic carbocycles. The van der Waals surface area contributed by atoms with E-state index < -0.39 is 51.7 Å². The Balaban J connectivity index is 3.60.